The van der Waals surface area contributed by atoms with Gasteiger partial charge in [-0.15, -0.1) is 0 Å². The molecule has 0 saturated carbocycles. The van der Waals surface area contributed by atoms with E-state index in [1.165, 1.54) is 6.42 Å². The summed E-state index contributed by atoms with van der Waals surface area (Å²) in [4.78, 5) is 21.4. The number of hydrogen-bond acceptors (Lipinski definition) is 6. The van der Waals surface area contributed by atoms with Crippen LogP contribution in [0.15, 0.2) is 0 Å². The highest BCUT2D eigenvalue weighted by molar-refractivity contribution is 5.71. The predicted octanol–water partition coefficient (Wildman–Crippen LogP) is 8.31. The predicted molar refractivity (Wildman–Crippen MR) is 144 cm³/mol. The van der Waals surface area contributed by atoms with Crippen LogP contribution in [0.1, 0.15) is 117 Å². The smallest absolute Gasteiger partial charge is 0.463 e. The fraction of sp³-hybridized carbons (Fsp3) is 0.929. The molecule has 6 heteroatoms. The number of esters is 1. The molecular formula is C28H60O6. The Labute approximate surface area is 212 Å². The van der Waals surface area contributed by atoms with E-state index in [0.29, 0.717) is 12.0 Å². The van der Waals surface area contributed by atoms with Crippen molar-refractivity contribution >= 4 is 12.1 Å². The molecule has 0 aliphatic heterocycles. The maximum atomic E-state index is 10.7. The Morgan fingerprint density at radius 1 is 0.500 bits per heavy atom. The van der Waals surface area contributed by atoms with E-state index in [-0.39, 0.29) is 30.2 Å². The first-order chi connectivity index (χ1) is 15.3. The largest absolute Gasteiger partial charge is 0.508 e. The van der Waals surface area contributed by atoms with E-state index in [0.717, 1.165) is 18.4 Å². The van der Waals surface area contributed by atoms with E-state index in [1.54, 1.807) is 27.7 Å². The van der Waals surface area contributed by atoms with E-state index in [9.17, 15) is 9.59 Å². The van der Waals surface area contributed by atoms with Crippen molar-refractivity contribution in [2.24, 2.45) is 23.7 Å². The van der Waals surface area contributed by atoms with E-state index in [2.05, 4.69) is 55.4 Å². The van der Waals surface area contributed by atoms with Gasteiger partial charge < -0.3 is 18.9 Å². The van der Waals surface area contributed by atoms with E-state index < -0.39 is 6.16 Å². The molecule has 0 heterocycles. The molecule has 0 aromatic heterocycles. The second-order valence-electron chi connectivity index (χ2n) is 11.0. The molecule has 6 nitrogen and oxygen atoms in total. The Bertz CT molecular complexity index is 426. The van der Waals surface area contributed by atoms with Crippen LogP contribution in [0.5, 0.6) is 0 Å². The summed E-state index contributed by atoms with van der Waals surface area (Å²) in [5.74, 6) is 2.29. The lowest BCUT2D eigenvalue weighted by Crippen LogP contribution is -2.16. The lowest BCUT2D eigenvalue weighted by atomic mass is 10.0. The van der Waals surface area contributed by atoms with Crippen molar-refractivity contribution in [3.8, 4) is 0 Å². The van der Waals surface area contributed by atoms with Gasteiger partial charge in [0.25, 0.3) is 0 Å². The van der Waals surface area contributed by atoms with Crippen LogP contribution in [0.3, 0.4) is 0 Å². The molecular weight excluding hydrogens is 432 g/mol. The molecule has 208 valence electrons. The van der Waals surface area contributed by atoms with Crippen molar-refractivity contribution in [1.82, 2.24) is 0 Å². The van der Waals surface area contributed by atoms with Crippen molar-refractivity contribution in [2.45, 2.75) is 142 Å². The zero-order valence-electron chi connectivity index (χ0n) is 25.5. The molecule has 0 bridgehead atoms. The minimum atomic E-state index is -0.593. The first-order valence-corrected chi connectivity index (χ1v) is 13.0. The molecule has 0 saturated heterocycles. The Morgan fingerprint density at radius 3 is 0.971 bits per heavy atom. The summed E-state index contributed by atoms with van der Waals surface area (Å²) in [6.07, 6.45) is 0.958. The van der Waals surface area contributed by atoms with Gasteiger partial charge >= 0.3 is 12.1 Å². The fourth-order valence-corrected chi connectivity index (χ4v) is 2.11. The summed E-state index contributed by atoms with van der Waals surface area (Å²) in [7, 11) is 0. The summed E-state index contributed by atoms with van der Waals surface area (Å²) < 4.78 is 19.6. The minimum absolute atomic E-state index is 0.00704. The van der Waals surface area contributed by atoms with Crippen LogP contribution in [-0.4, -0.2) is 43.1 Å². The van der Waals surface area contributed by atoms with Gasteiger partial charge in [0.15, 0.2) is 0 Å². The Hall–Kier alpha value is -1.30. The molecule has 0 aliphatic rings. The highest BCUT2D eigenvalue weighted by Gasteiger charge is 2.09. The summed E-state index contributed by atoms with van der Waals surface area (Å²) in [5, 5.41) is 0. The van der Waals surface area contributed by atoms with Gasteiger partial charge in [0, 0.05) is 6.61 Å². The zero-order valence-corrected chi connectivity index (χ0v) is 25.5. The number of carbonyl (C=O) groups excluding carboxylic acids is 2. The van der Waals surface area contributed by atoms with Crippen molar-refractivity contribution in [3.63, 3.8) is 0 Å². The van der Waals surface area contributed by atoms with Crippen molar-refractivity contribution in [3.05, 3.63) is 0 Å². The van der Waals surface area contributed by atoms with Crippen LogP contribution in [0.2, 0.25) is 0 Å². The maximum Gasteiger partial charge on any atom is 0.508 e. The number of carbonyl (C=O) groups is 2. The molecule has 0 aromatic rings. The molecule has 0 spiro atoms. The molecule has 0 rings (SSSR count). The average Bonchev–Trinajstić information content (AvgIpc) is 2.58. The SMILES string of the molecule is CC(C)CC(C)C.CC(C)COC(C)C.CC(C)OC(=O)C(C)C.CC(C)OC(=O)OC(C)C. The molecule has 0 unspecified atom stereocenters. The normalized spacial score (nSPS) is 10.7. The summed E-state index contributed by atoms with van der Waals surface area (Å²) in [6.45, 7) is 32.8. The van der Waals surface area contributed by atoms with Gasteiger partial charge in [0.2, 0.25) is 0 Å². The molecule has 0 aliphatic carbocycles. The van der Waals surface area contributed by atoms with Crippen LogP contribution >= 0.6 is 0 Å². The zero-order chi connectivity index (χ0) is 28.0. The Balaban J connectivity index is -0.000000178. The van der Waals surface area contributed by atoms with Crippen molar-refractivity contribution in [2.75, 3.05) is 6.61 Å². The molecule has 0 aromatic carbocycles. The quantitative estimate of drug-likeness (QED) is 0.301. The van der Waals surface area contributed by atoms with Crippen molar-refractivity contribution in [1.29, 1.82) is 0 Å². The van der Waals surface area contributed by atoms with Crippen LogP contribution in [-0.2, 0) is 23.7 Å². The summed E-state index contributed by atoms with van der Waals surface area (Å²) in [6, 6.07) is 0. The van der Waals surface area contributed by atoms with Gasteiger partial charge in [-0.25, -0.2) is 4.79 Å². The lowest BCUT2D eigenvalue weighted by Gasteiger charge is -2.10. The van der Waals surface area contributed by atoms with Crippen molar-refractivity contribution < 1.29 is 28.5 Å². The number of ether oxygens (including phenoxy) is 4. The van der Waals surface area contributed by atoms with E-state index in [4.69, 9.17) is 18.9 Å². The van der Waals surface area contributed by atoms with Crippen LogP contribution in [0, 0.1) is 23.7 Å². The third kappa shape index (κ3) is 48.2. The van der Waals surface area contributed by atoms with Gasteiger partial charge in [-0.05, 0) is 79.6 Å². The molecule has 0 amide bonds. The van der Waals surface area contributed by atoms with Crippen LogP contribution in [0.4, 0.5) is 4.79 Å². The molecule has 0 N–H and O–H groups in total. The monoisotopic (exact) mass is 492 g/mol. The average molecular weight is 493 g/mol. The highest BCUT2D eigenvalue weighted by Crippen LogP contribution is 2.08. The highest BCUT2D eigenvalue weighted by atomic mass is 16.7. The van der Waals surface area contributed by atoms with Gasteiger partial charge in [0.1, 0.15) is 0 Å². The lowest BCUT2D eigenvalue weighted by molar-refractivity contribution is -0.151. The first-order valence-electron chi connectivity index (χ1n) is 13.0. The Kier molecular flexibility index (Phi) is 29.1. The third-order valence-corrected chi connectivity index (χ3v) is 3.19. The fourth-order valence-electron chi connectivity index (χ4n) is 2.11. The maximum absolute atomic E-state index is 10.7. The second kappa shape index (κ2) is 24.8. The molecule has 0 radical (unpaired) electrons. The van der Waals surface area contributed by atoms with Gasteiger partial charge in [0.05, 0.1) is 30.3 Å². The first kappa shape index (κ1) is 39.9. The van der Waals surface area contributed by atoms with E-state index >= 15 is 0 Å². The number of rotatable bonds is 9. The topological polar surface area (TPSA) is 71.1 Å². The van der Waals surface area contributed by atoms with Gasteiger partial charge in [-0.2, -0.15) is 0 Å². The molecule has 0 fully saturated rings. The molecule has 0 atom stereocenters. The Morgan fingerprint density at radius 2 is 0.853 bits per heavy atom. The molecule has 34 heavy (non-hydrogen) atoms. The van der Waals surface area contributed by atoms with Crippen LogP contribution in [0.25, 0.3) is 0 Å². The minimum Gasteiger partial charge on any atom is -0.463 e. The van der Waals surface area contributed by atoms with Crippen LogP contribution < -0.4 is 0 Å². The second-order valence-corrected chi connectivity index (χ2v) is 11.0. The summed E-state index contributed by atoms with van der Waals surface area (Å²) >= 11 is 0. The van der Waals surface area contributed by atoms with E-state index in [1.807, 2.05) is 27.7 Å². The van der Waals surface area contributed by atoms with Gasteiger partial charge in [-0.1, -0.05) is 55.4 Å². The third-order valence-electron chi connectivity index (χ3n) is 3.19. The van der Waals surface area contributed by atoms with Gasteiger partial charge in [-0.3, -0.25) is 4.79 Å². The summed E-state index contributed by atoms with van der Waals surface area (Å²) in [5.41, 5.74) is 0. The number of hydrogen-bond donors (Lipinski definition) is 0. The standard InChI is InChI=1S/C7H14O3.C7H14O2.C7H16O.C7H16/c1-5(2)9-7(8)10-6(3)4;1-5(2)7(8)9-6(3)4;1-6(2)5-8-7(3)4;1-6(2)5-7(3)4/h5-6H,1-4H3;5-6H,1-4H3;6-7H,5H2,1-4H3;6-7H,5H2,1-4H3.